The molecule has 4 nitrogen and oxygen atoms in total. The van der Waals surface area contributed by atoms with Crippen molar-refractivity contribution < 1.29 is 9.90 Å². The molecule has 0 radical (unpaired) electrons. The number of hydrogen-bond donors (Lipinski definition) is 2. The molecule has 18 heavy (non-hydrogen) atoms. The molecule has 0 aliphatic heterocycles. The van der Waals surface area contributed by atoms with Crippen molar-refractivity contribution >= 4 is 5.91 Å². The second kappa shape index (κ2) is 8.48. The second-order valence-corrected chi connectivity index (χ2v) is 5.42. The van der Waals surface area contributed by atoms with E-state index in [1.807, 2.05) is 0 Å². The van der Waals surface area contributed by atoms with Gasteiger partial charge in [-0.05, 0) is 44.4 Å². The maximum absolute atomic E-state index is 12.0. The van der Waals surface area contributed by atoms with Crippen molar-refractivity contribution in [1.82, 2.24) is 4.90 Å². The van der Waals surface area contributed by atoms with Gasteiger partial charge >= 0.3 is 0 Å². The van der Waals surface area contributed by atoms with Crippen LogP contribution in [0.3, 0.4) is 0 Å². The van der Waals surface area contributed by atoms with E-state index in [1.54, 1.807) is 4.90 Å². The summed E-state index contributed by atoms with van der Waals surface area (Å²) < 4.78 is 0. The average Bonchev–Trinajstić information content (AvgIpc) is 2.37. The lowest BCUT2D eigenvalue weighted by Gasteiger charge is -2.27. The van der Waals surface area contributed by atoms with E-state index in [2.05, 4.69) is 6.92 Å². The molecule has 106 valence electrons. The Labute approximate surface area is 111 Å². The maximum Gasteiger partial charge on any atom is 0.222 e. The molecule has 3 N–H and O–H groups in total. The van der Waals surface area contributed by atoms with Gasteiger partial charge < -0.3 is 15.7 Å². The summed E-state index contributed by atoms with van der Waals surface area (Å²) in [5, 5.41) is 8.95. The van der Waals surface area contributed by atoms with Crippen LogP contribution in [0.5, 0.6) is 0 Å². The Balaban J connectivity index is 2.25. The number of carbonyl (C=O) groups is 1. The van der Waals surface area contributed by atoms with Gasteiger partial charge in [-0.25, -0.2) is 0 Å². The van der Waals surface area contributed by atoms with Crippen LogP contribution in [0.15, 0.2) is 0 Å². The van der Waals surface area contributed by atoms with Gasteiger partial charge in [-0.2, -0.15) is 0 Å². The third-order valence-electron chi connectivity index (χ3n) is 3.87. The summed E-state index contributed by atoms with van der Waals surface area (Å²) >= 11 is 0. The fourth-order valence-electron chi connectivity index (χ4n) is 2.71. The van der Waals surface area contributed by atoms with Gasteiger partial charge in [0.15, 0.2) is 0 Å². The minimum Gasteiger partial charge on any atom is -0.395 e. The molecule has 0 aromatic carbocycles. The first-order chi connectivity index (χ1) is 8.67. The molecule has 1 amide bonds. The smallest absolute Gasteiger partial charge is 0.222 e. The van der Waals surface area contributed by atoms with Crippen molar-refractivity contribution in [2.24, 2.45) is 11.7 Å². The summed E-state index contributed by atoms with van der Waals surface area (Å²) in [6.45, 7) is 3.35. The van der Waals surface area contributed by atoms with Crippen LogP contribution in [0, 0.1) is 5.92 Å². The van der Waals surface area contributed by atoms with E-state index in [9.17, 15) is 4.79 Å². The number of nitrogens with two attached hydrogens (primary N) is 1. The Kier molecular flexibility index (Phi) is 7.28. The van der Waals surface area contributed by atoms with Crippen molar-refractivity contribution in [3.63, 3.8) is 0 Å². The molecule has 1 aliphatic rings. The summed E-state index contributed by atoms with van der Waals surface area (Å²) in [7, 11) is 0. The van der Waals surface area contributed by atoms with E-state index in [0.29, 0.717) is 24.9 Å². The molecular weight excluding hydrogens is 228 g/mol. The van der Waals surface area contributed by atoms with Gasteiger partial charge in [0.05, 0.1) is 6.61 Å². The molecule has 0 spiro atoms. The minimum absolute atomic E-state index is 0.0595. The Morgan fingerprint density at radius 3 is 2.50 bits per heavy atom. The summed E-state index contributed by atoms with van der Waals surface area (Å²) in [6, 6.07) is 0.378. The van der Waals surface area contributed by atoms with Crippen LogP contribution < -0.4 is 5.73 Å². The highest BCUT2D eigenvalue weighted by Crippen LogP contribution is 2.27. The molecule has 0 atom stereocenters. The standard InChI is InChI=1S/C14H28N2O2/c1-2-9-16(10-11-17)14(18)8-5-12-3-6-13(15)7-4-12/h12-13,17H,2-11,15H2,1H3. The fourth-order valence-corrected chi connectivity index (χ4v) is 2.71. The van der Waals surface area contributed by atoms with Gasteiger partial charge in [0.2, 0.25) is 5.91 Å². The molecule has 4 heteroatoms. The van der Waals surface area contributed by atoms with E-state index in [1.165, 1.54) is 12.8 Å². The molecule has 1 fully saturated rings. The number of hydrogen-bond acceptors (Lipinski definition) is 3. The highest BCUT2D eigenvalue weighted by atomic mass is 16.3. The molecule has 1 rings (SSSR count). The first kappa shape index (κ1) is 15.4. The molecule has 0 bridgehead atoms. The number of amides is 1. The molecule has 1 saturated carbocycles. The molecule has 1 aliphatic carbocycles. The van der Waals surface area contributed by atoms with Crippen LogP contribution in [0.1, 0.15) is 51.9 Å². The lowest BCUT2D eigenvalue weighted by atomic mass is 9.84. The van der Waals surface area contributed by atoms with Crippen LogP contribution >= 0.6 is 0 Å². The Hall–Kier alpha value is -0.610. The van der Waals surface area contributed by atoms with E-state index >= 15 is 0 Å². The maximum atomic E-state index is 12.0. The number of aliphatic hydroxyl groups is 1. The number of carbonyl (C=O) groups excluding carboxylic acids is 1. The zero-order chi connectivity index (χ0) is 13.4. The molecule has 0 unspecified atom stereocenters. The van der Waals surface area contributed by atoms with Crippen molar-refractivity contribution in [2.45, 2.75) is 57.9 Å². The molecular formula is C14H28N2O2. The van der Waals surface area contributed by atoms with Crippen molar-refractivity contribution in [3.8, 4) is 0 Å². The van der Waals surface area contributed by atoms with Gasteiger partial charge in [0.25, 0.3) is 0 Å². The van der Waals surface area contributed by atoms with Gasteiger partial charge in [-0.3, -0.25) is 4.79 Å². The summed E-state index contributed by atoms with van der Waals surface area (Å²) in [4.78, 5) is 13.8. The normalized spacial score (nSPS) is 23.9. The van der Waals surface area contributed by atoms with Crippen LogP contribution in [-0.2, 0) is 4.79 Å². The van der Waals surface area contributed by atoms with E-state index in [4.69, 9.17) is 10.8 Å². The van der Waals surface area contributed by atoms with Crippen LogP contribution in [0.25, 0.3) is 0 Å². The van der Waals surface area contributed by atoms with E-state index in [0.717, 1.165) is 32.2 Å². The summed E-state index contributed by atoms with van der Waals surface area (Å²) in [6.07, 6.45) is 7.11. The van der Waals surface area contributed by atoms with Crippen molar-refractivity contribution in [3.05, 3.63) is 0 Å². The average molecular weight is 256 g/mol. The fraction of sp³-hybridized carbons (Fsp3) is 0.929. The van der Waals surface area contributed by atoms with Crippen molar-refractivity contribution in [1.29, 1.82) is 0 Å². The number of nitrogens with zero attached hydrogens (tertiary/aromatic N) is 1. The monoisotopic (exact) mass is 256 g/mol. The summed E-state index contributed by atoms with van der Waals surface area (Å²) in [5.41, 5.74) is 5.88. The lowest BCUT2D eigenvalue weighted by Crippen LogP contribution is -2.34. The van der Waals surface area contributed by atoms with Gasteiger partial charge in [-0.15, -0.1) is 0 Å². The third kappa shape index (κ3) is 5.36. The molecule has 0 saturated heterocycles. The predicted octanol–water partition coefficient (Wildman–Crippen LogP) is 1.51. The Morgan fingerprint density at radius 1 is 1.28 bits per heavy atom. The lowest BCUT2D eigenvalue weighted by molar-refractivity contribution is -0.132. The second-order valence-electron chi connectivity index (χ2n) is 5.42. The highest BCUT2D eigenvalue weighted by Gasteiger charge is 2.20. The van der Waals surface area contributed by atoms with E-state index < -0.39 is 0 Å². The Morgan fingerprint density at radius 2 is 1.94 bits per heavy atom. The van der Waals surface area contributed by atoms with E-state index in [-0.39, 0.29) is 12.5 Å². The number of rotatable bonds is 7. The largest absolute Gasteiger partial charge is 0.395 e. The van der Waals surface area contributed by atoms with Crippen LogP contribution in [0.2, 0.25) is 0 Å². The Bertz CT molecular complexity index is 232. The van der Waals surface area contributed by atoms with Crippen LogP contribution in [0.4, 0.5) is 0 Å². The van der Waals surface area contributed by atoms with Crippen LogP contribution in [-0.4, -0.2) is 41.7 Å². The SMILES string of the molecule is CCCN(CCO)C(=O)CCC1CCC(N)CC1. The topological polar surface area (TPSA) is 66.6 Å². The van der Waals surface area contributed by atoms with Gasteiger partial charge in [-0.1, -0.05) is 6.92 Å². The first-order valence-electron chi connectivity index (χ1n) is 7.31. The predicted molar refractivity (Wildman–Crippen MR) is 73.1 cm³/mol. The number of aliphatic hydroxyl groups excluding tert-OH is 1. The third-order valence-corrected chi connectivity index (χ3v) is 3.87. The van der Waals surface area contributed by atoms with Gasteiger partial charge in [0, 0.05) is 25.6 Å². The quantitative estimate of drug-likeness (QED) is 0.725. The van der Waals surface area contributed by atoms with Gasteiger partial charge in [0.1, 0.15) is 0 Å². The highest BCUT2D eigenvalue weighted by molar-refractivity contribution is 5.76. The first-order valence-corrected chi connectivity index (χ1v) is 7.31. The minimum atomic E-state index is 0.0595. The molecule has 0 aromatic rings. The van der Waals surface area contributed by atoms with Crippen molar-refractivity contribution in [2.75, 3.05) is 19.7 Å². The summed E-state index contributed by atoms with van der Waals surface area (Å²) in [5.74, 6) is 0.868. The molecule has 0 aromatic heterocycles. The zero-order valence-electron chi connectivity index (χ0n) is 11.6. The zero-order valence-corrected chi connectivity index (χ0v) is 11.6. The molecule has 0 heterocycles.